The molecular formula is C15H14Cl4O2. The van der Waals surface area contributed by atoms with E-state index >= 15 is 0 Å². The third kappa shape index (κ3) is 1.64. The van der Waals surface area contributed by atoms with Crippen LogP contribution in [0.3, 0.4) is 0 Å². The summed E-state index contributed by atoms with van der Waals surface area (Å²) in [6, 6.07) is 9.82. The van der Waals surface area contributed by atoms with Gasteiger partial charge in [0.15, 0.2) is 0 Å². The molecule has 1 fully saturated rings. The Morgan fingerprint density at radius 1 is 1.00 bits per heavy atom. The summed E-state index contributed by atoms with van der Waals surface area (Å²) in [6.45, 7) is 0. The number of halogens is 4. The highest BCUT2D eigenvalue weighted by molar-refractivity contribution is 6.52. The highest BCUT2D eigenvalue weighted by atomic mass is 35.5. The van der Waals surface area contributed by atoms with Crippen molar-refractivity contribution in [3.8, 4) is 0 Å². The van der Waals surface area contributed by atoms with Gasteiger partial charge in [-0.1, -0.05) is 53.5 Å². The van der Waals surface area contributed by atoms with Crippen molar-refractivity contribution in [2.75, 3.05) is 14.2 Å². The molecule has 21 heavy (non-hydrogen) atoms. The minimum atomic E-state index is -1.31. The van der Waals surface area contributed by atoms with E-state index in [9.17, 15) is 0 Å². The zero-order valence-corrected chi connectivity index (χ0v) is 14.5. The van der Waals surface area contributed by atoms with Crippen LogP contribution in [0.1, 0.15) is 17.9 Å². The quantitative estimate of drug-likeness (QED) is 0.563. The lowest BCUT2D eigenvalue weighted by Gasteiger charge is -2.41. The minimum Gasteiger partial charge on any atom is -0.350 e. The molecule has 0 saturated heterocycles. The van der Waals surface area contributed by atoms with Crippen LogP contribution in [0.25, 0.3) is 0 Å². The first kappa shape index (κ1) is 15.9. The maximum absolute atomic E-state index is 6.95. The van der Waals surface area contributed by atoms with Crippen LogP contribution in [0, 0.1) is 0 Å². The Bertz CT molecular complexity index is 599. The standard InChI is InChI=1S/C15H14Cl4O2/c1-20-15(21-2)13(18)8-10(9-6-4-3-5-7-9)14(15,19)12(17)11(13)16/h3-7,10H,8H2,1-2H3. The Hall–Kier alpha value is 0.0400. The second kappa shape index (κ2) is 5.02. The number of hydrogen-bond acceptors (Lipinski definition) is 2. The molecule has 2 aliphatic rings. The summed E-state index contributed by atoms with van der Waals surface area (Å²) < 4.78 is 11.3. The van der Waals surface area contributed by atoms with E-state index in [0.717, 1.165) is 5.56 Å². The summed E-state index contributed by atoms with van der Waals surface area (Å²) in [5.74, 6) is -1.47. The van der Waals surface area contributed by atoms with Gasteiger partial charge in [0.1, 0.15) is 9.75 Å². The zero-order chi connectivity index (χ0) is 15.5. The van der Waals surface area contributed by atoms with Gasteiger partial charge in [-0.25, -0.2) is 0 Å². The lowest BCUT2D eigenvalue weighted by atomic mass is 9.85. The lowest BCUT2D eigenvalue weighted by molar-refractivity contribution is -0.217. The summed E-state index contributed by atoms with van der Waals surface area (Å²) in [5, 5.41) is 0.598. The molecule has 1 aromatic carbocycles. The van der Waals surface area contributed by atoms with Gasteiger partial charge < -0.3 is 9.47 Å². The Labute approximate surface area is 143 Å². The van der Waals surface area contributed by atoms with Crippen LogP contribution in [0.2, 0.25) is 0 Å². The highest BCUT2D eigenvalue weighted by Crippen LogP contribution is 2.73. The van der Waals surface area contributed by atoms with Gasteiger partial charge in [0.05, 0.1) is 10.1 Å². The summed E-state index contributed by atoms with van der Waals surface area (Å²) >= 11 is 26.5. The number of hydrogen-bond donors (Lipinski definition) is 0. The van der Waals surface area contributed by atoms with Gasteiger partial charge in [0.2, 0.25) is 5.79 Å². The van der Waals surface area contributed by atoms with Gasteiger partial charge in [-0.05, 0) is 12.0 Å². The fraction of sp³-hybridized carbons (Fsp3) is 0.467. The topological polar surface area (TPSA) is 18.5 Å². The summed E-state index contributed by atoms with van der Waals surface area (Å²) in [6.07, 6.45) is 0.485. The van der Waals surface area contributed by atoms with E-state index in [4.69, 9.17) is 55.9 Å². The molecule has 0 heterocycles. The van der Waals surface area contributed by atoms with Crippen molar-refractivity contribution in [3.05, 3.63) is 46.0 Å². The third-order valence-corrected chi connectivity index (χ3v) is 7.19. The second-order valence-electron chi connectivity index (χ2n) is 5.33. The molecule has 0 aliphatic heterocycles. The number of ether oxygens (including phenoxy) is 2. The Morgan fingerprint density at radius 3 is 2.05 bits per heavy atom. The Balaban J connectivity index is 2.23. The number of alkyl halides is 2. The average molecular weight is 368 g/mol. The van der Waals surface area contributed by atoms with Crippen LogP contribution >= 0.6 is 46.4 Å². The predicted molar refractivity (Wildman–Crippen MR) is 86.4 cm³/mol. The summed E-state index contributed by atoms with van der Waals surface area (Å²) in [5.41, 5.74) is 1.02. The maximum Gasteiger partial charge on any atom is 0.217 e. The molecule has 0 amide bonds. The molecule has 6 heteroatoms. The largest absolute Gasteiger partial charge is 0.350 e. The fourth-order valence-electron chi connectivity index (χ4n) is 3.68. The van der Waals surface area contributed by atoms with E-state index in [1.54, 1.807) is 0 Å². The number of methoxy groups -OCH3 is 2. The fourth-order valence-corrected chi connectivity index (χ4v) is 5.75. The van der Waals surface area contributed by atoms with Crippen molar-refractivity contribution >= 4 is 46.4 Å². The van der Waals surface area contributed by atoms with Crippen molar-refractivity contribution in [1.82, 2.24) is 0 Å². The average Bonchev–Trinajstić information content (AvgIpc) is 2.79. The van der Waals surface area contributed by atoms with Gasteiger partial charge in [-0.3, -0.25) is 0 Å². The van der Waals surface area contributed by atoms with Crippen molar-refractivity contribution in [2.45, 2.75) is 27.9 Å². The van der Waals surface area contributed by atoms with Crippen LogP contribution in [-0.4, -0.2) is 29.8 Å². The summed E-state index contributed by atoms with van der Waals surface area (Å²) in [4.78, 5) is -2.25. The molecule has 0 spiro atoms. The van der Waals surface area contributed by atoms with Gasteiger partial charge >= 0.3 is 0 Å². The monoisotopic (exact) mass is 366 g/mol. The Kier molecular flexibility index (Phi) is 3.81. The van der Waals surface area contributed by atoms with Crippen molar-refractivity contribution in [2.24, 2.45) is 0 Å². The van der Waals surface area contributed by atoms with Gasteiger partial charge in [-0.2, -0.15) is 0 Å². The molecule has 3 atom stereocenters. The SMILES string of the molecule is COC1(OC)C2(Cl)CC(c3ccccc3)C1(Cl)C(Cl)=C2Cl. The van der Waals surface area contributed by atoms with E-state index in [1.165, 1.54) is 14.2 Å². The molecule has 3 unspecified atom stereocenters. The Morgan fingerprint density at radius 2 is 1.57 bits per heavy atom. The molecule has 2 bridgehead atoms. The second-order valence-corrected chi connectivity index (χ2v) is 7.33. The number of rotatable bonds is 3. The van der Waals surface area contributed by atoms with Crippen molar-refractivity contribution in [1.29, 1.82) is 0 Å². The van der Waals surface area contributed by atoms with Crippen LogP contribution in [0.4, 0.5) is 0 Å². The molecule has 0 N–H and O–H groups in total. The third-order valence-electron chi connectivity index (χ3n) is 4.60. The van der Waals surface area contributed by atoms with E-state index < -0.39 is 15.5 Å². The molecule has 1 saturated carbocycles. The van der Waals surface area contributed by atoms with E-state index in [0.29, 0.717) is 16.5 Å². The minimum absolute atomic E-state index is 0.159. The van der Waals surface area contributed by atoms with Crippen LogP contribution < -0.4 is 0 Å². The van der Waals surface area contributed by atoms with Gasteiger partial charge in [0.25, 0.3) is 0 Å². The molecule has 2 nitrogen and oxygen atoms in total. The first-order chi connectivity index (χ1) is 9.89. The van der Waals surface area contributed by atoms with E-state index in [-0.39, 0.29) is 5.92 Å². The normalized spacial score (nSPS) is 37.3. The maximum atomic E-state index is 6.95. The number of fused-ring (bicyclic) bond motifs is 2. The van der Waals surface area contributed by atoms with E-state index in [2.05, 4.69) is 0 Å². The van der Waals surface area contributed by atoms with Gasteiger partial charge in [0, 0.05) is 20.1 Å². The lowest BCUT2D eigenvalue weighted by Crippen LogP contribution is -2.56. The molecular weight excluding hydrogens is 354 g/mol. The van der Waals surface area contributed by atoms with Crippen molar-refractivity contribution in [3.63, 3.8) is 0 Å². The molecule has 114 valence electrons. The smallest absolute Gasteiger partial charge is 0.217 e. The first-order valence-corrected chi connectivity index (χ1v) is 7.99. The van der Waals surface area contributed by atoms with Gasteiger partial charge in [-0.15, -0.1) is 23.2 Å². The number of benzene rings is 1. The van der Waals surface area contributed by atoms with E-state index in [1.807, 2.05) is 30.3 Å². The molecule has 2 aliphatic carbocycles. The molecule has 0 radical (unpaired) electrons. The van der Waals surface area contributed by atoms with Crippen LogP contribution in [0.5, 0.6) is 0 Å². The molecule has 3 rings (SSSR count). The molecule has 0 aromatic heterocycles. The molecule has 1 aromatic rings. The first-order valence-electron chi connectivity index (χ1n) is 6.48. The predicted octanol–water partition coefficient (Wildman–Crippen LogP) is 4.82. The van der Waals surface area contributed by atoms with Crippen LogP contribution in [-0.2, 0) is 9.47 Å². The zero-order valence-electron chi connectivity index (χ0n) is 11.5. The van der Waals surface area contributed by atoms with Crippen LogP contribution in [0.15, 0.2) is 40.4 Å². The summed E-state index contributed by atoms with van der Waals surface area (Å²) in [7, 11) is 3.01. The van der Waals surface area contributed by atoms with Crippen molar-refractivity contribution < 1.29 is 9.47 Å². The highest BCUT2D eigenvalue weighted by Gasteiger charge is 2.80.